The van der Waals surface area contributed by atoms with Gasteiger partial charge in [0, 0.05) is 7.11 Å². The molecule has 4 rings (SSSR count). The molecule has 0 atom stereocenters. The summed E-state index contributed by atoms with van der Waals surface area (Å²) in [6.45, 7) is 4.17. The number of allylic oxidation sites excluding steroid dienone is 1. The zero-order valence-corrected chi connectivity index (χ0v) is 16.6. The number of rotatable bonds is 6. The van der Waals surface area contributed by atoms with Gasteiger partial charge in [-0.05, 0) is 61.9 Å². The van der Waals surface area contributed by atoms with Gasteiger partial charge in [-0.2, -0.15) is 0 Å². The molecule has 2 aliphatic rings. The maximum Gasteiger partial charge on any atom is 0.231 e. The number of ether oxygens (including phenoxy) is 5. The second-order valence-electron chi connectivity index (χ2n) is 7.25. The number of carbonyl (C=O) groups excluding carboxylic acids is 1. The first-order chi connectivity index (χ1) is 14.0. The average Bonchev–Trinajstić information content (AvgIpc) is 3.17. The number of ketones is 1. The zero-order chi connectivity index (χ0) is 20.4. The highest BCUT2D eigenvalue weighted by atomic mass is 16.7. The van der Waals surface area contributed by atoms with Gasteiger partial charge >= 0.3 is 0 Å². The Hall–Kier alpha value is -3.25. The molecular formula is C23H22O6. The van der Waals surface area contributed by atoms with E-state index in [1.54, 1.807) is 18.2 Å². The highest BCUT2D eigenvalue weighted by Gasteiger charge is 2.26. The van der Waals surface area contributed by atoms with E-state index in [1.807, 2.05) is 44.2 Å². The molecule has 0 saturated heterocycles. The molecule has 0 saturated carbocycles. The summed E-state index contributed by atoms with van der Waals surface area (Å²) in [6, 6.07) is 9.03. The summed E-state index contributed by atoms with van der Waals surface area (Å²) in [6.07, 6.45) is 7.10. The lowest BCUT2D eigenvalue weighted by molar-refractivity contribution is 0.0496. The SMILES string of the molecule is COCOc1c(C(=O)/C=C/c2ccc3c(c2)OCO3)ccc2c1C=CC(C)(C)O2. The molecule has 0 aliphatic carbocycles. The smallest absolute Gasteiger partial charge is 0.231 e. The maximum absolute atomic E-state index is 12.9. The Kier molecular flexibility index (Phi) is 5.03. The highest BCUT2D eigenvalue weighted by Crippen LogP contribution is 2.39. The van der Waals surface area contributed by atoms with Crippen LogP contribution < -0.4 is 18.9 Å². The highest BCUT2D eigenvalue weighted by molar-refractivity contribution is 6.09. The predicted molar refractivity (Wildman–Crippen MR) is 109 cm³/mol. The first kappa shape index (κ1) is 19.1. The van der Waals surface area contributed by atoms with Crippen LogP contribution >= 0.6 is 0 Å². The fourth-order valence-electron chi connectivity index (χ4n) is 3.18. The monoisotopic (exact) mass is 394 g/mol. The number of benzene rings is 2. The minimum absolute atomic E-state index is 0.0276. The third-order valence-electron chi connectivity index (χ3n) is 4.59. The summed E-state index contributed by atoms with van der Waals surface area (Å²) in [7, 11) is 1.53. The molecule has 2 aromatic rings. The molecule has 0 N–H and O–H groups in total. The molecule has 29 heavy (non-hydrogen) atoms. The second kappa shape index (κ2) is 7.64. The Morgan fingerprint density at radius 1 is 1.14 bits per heavy atom. The van der Waals surface area contributed by atoms with Crippen molar-refractivity contribution in [1.29, 1.82) is 0 Å². The van der Waals surface area contributed by atoms with Gasteiger partial charge in [0.15, 0.2) is 24.1 Å². The third-order valence-corrected chi connectivity index (χ3v) is 4.59. The van der Waals surface area contributed by atoms with Gasteiger partial charge in [-0.1, -0.05) is 12.1 Å². The summed E-state index contributed by atoms with van der Waals surface area (Å²) in [5, 5.41) is 0. The Bertz CT molecular complexity index is 1000. The molecule has 150 valence electrons. The van der Waals surface area contributed by atoms with Crippen LogP contribution in [0.5, 0.6) is 23.0 Å². The first-order valence-corrected chi connectivity index (χ1v) is 9.26. The quantitative estimate of drug-likeness (QED) is 0.409. The first-order valence-electron chi connectivity index (χ1n) is 9.26. The van der Waals surface area contributed by atoms with Crippen molar-refractivity contribution >= 4 is 17.9 Å². The van der Waals surface area contributed by atoms with Crippen molar-refractivity contribution in [3.63, 3.8) is 0 Å². The van der Waals surface area contributed by atoms with E-state index in [2.05, 4.69) is 0 Å². The molecular weight excluding hydrogens is 372 g/mol. The van der Waals surface area contributed by atoms with Crippen molar-refractivity contribution in [3.05, 3.63) is 59.2 Å². The normalized spacial score (nSPS) is 15.8. The van der Waals surface area contributed by atoms with Crippen molar-refractivity contribution in [1.82, 2.24) is 0 Å². The van der Waals surface area contributed by atoms with Crippen LogP contribution in [0.4, 0.5) is 0 Å². The van der Waals surface area contributed by atoms with Gasteiger partial charge in [-0.25, -0.2) is 0 Å². The second-order valence-corrected chi connectivity index (χ2v) is 7.25. The van der Waals surface area contributed by atoms with Crippen LogP contribution in [0.25, 0.3) is 12.2 Å². The fraction of sp³-hybridized carbons (Fsp3) is 0.261. The molecule has 0 radical (unpaired) electrons. The van der Waals surface area contributed by atoms with Crippen molar-refractivity contribution in [2.24, 2.45) is 0 Å². The molecule has 6 nitrogen and oxygen atoms in total. The Morgan fingerprint density at radius 2 is 1.93 bits per heavy atom. The molecule has 0 amide bonds. The van der Waals surface area contributed by atoms with Gasteiger partial charge in [-0.3, -0.25) is 4.79 Å². The number of hydrogen-bond acceptors (Lipinski definition) is 6. The van der Waals surface area contributed by atoms with Gasteiger partial charge in [0.25, 0.3) is 0 Å². The topological polar surface area (TPSA) is 63.2 Å². The molecule has 2 aromatic carbocycles. The van der Waals surface area contributed by atoms with Gasteiger partial charge in [0.05, 0.1) is 11.1 Å². The van der Waals surface area contributed by atoms with E-state index < -0.39 is 5.60 Å². The average molecular weight is 394 g/mol. The van der Waals surface area contributed by atoms with Crippen LogP contribution in [-0.2, 0) is 4.74 Å². The molecule has 0 unspecified atom stereocenters. The van der Waals surface area contributed by atoms with E-state index in [0.29, 0.717) is 28.6 Å². The number of methoxy groups -OCH3 is 1. The molecule has 0 aromatic heterocycles. The van der Waals surface area contributed by atoms with E-state index in [-0.39, 0.29) is 19.4 Å². The van der Waals surface area contributed by atoms with E-state index in [0.717, 1.165) is 11.1 Å². The van der Waals surface area contributed by atoms with Gasteiger partial charge < -0.3 is 23.7 Å². The summed E-state index contributed by atoms with van der Waals surface area (Å²) in [5.74, 6) is 2.29. The van der Waals surface area contributed by atoms with E-state index in [1.165, 1.54) is 13.2 Å². The summed E-state index contributed by atoms with van der Waals surface area (Å²) in [5.41, 5.74) is 1.58. The predicted octanol–water partition coefficient (Wildman–Crippen LogP) is 4.48. The van der Waals surface area contributed by atoms with Gasteiger partial charge in [0.1, 0.15) is 17.1 Å². The zero-order valence-electron chi connectivity index (χ0n) is 16.6. The van der Waals surface area contributed by atoms with E-state index in [4.69, 9.17) is 23.7 Å². The van der Waals surface area contributed by atoms with Crippen molar-refractivity contribution in [3.8, 4) is 23.0 Å². The number of carbonyl (C=O) groups is 1. The van der Waals surface area contributed by atoms with Crippen LogP contribution in [0.3, 0.4) is 0 Å². The maximum atomic E-state index is 12.9. The van der Waals surface area contributed by atoms with Gasteiger partial charge in [-0.15, -0.1) is 0 Å². The molecule has 0 bridgehead atoms. The Labute approximate surface area is 169 Å². The van der Waals surface area contributed by atoms with Crippen LogP contribution in [0, 0.1) is 0 Å². The lowest BCUT2D eigenvalue weighted by Gasteiger charge is -2.29. The minimum Gasteiger partial charge on any atom is -0.483 e. The van der Waals surface area contributed by atoms with E-state index in [9.17, 15) is 4.79 Å². The Balaban J connectivity index is 1.64. The van der Waals surface area contributed by atoms with Crippen LogP contribution in [0.2, 0.25) is 0 Å². The van der Waals surface area contributed by atoms with Gasteiger partial charge in [0.2, 0.25) is 6.79 Å². The molecule has 0 spiro atoms. The lowest BCUT2D eigenvalue weighted by atomic mass is 9.98. The van der Waals surface area contributed by atoms with Crippen molar-refractivity contribution < 1.29 is 28.5 Å². The number of fused-ring (bicyclic) bond motifs is 2. The standard InChI is InChI=1S/C23H22O6/c1-23(2)11-10-17-19(29-23)9-6-16(22(17)28-13-25-3)18(24)7-4-15-5-8-20-21(12-15)27-14-26-20/h4-12H,13-14H2,1-3H3/b7-4+. The largest absolute Gasteiger partial charge is 0.483 e. The molecule has 6 heteroatoms. The van der Waals surface area contributed by atoms with E-state index >= 15 is 0 Å². The van der Waals surface area contributed by atoms with Crippen LogP contribution in [-0.4, -0.2) is 32.1 Å². The lowest BCUT2D eigenvalue weighted by Crippen LogP contribution is -2.27. The number of hydrogen-bond donors (Lipinski definition) is 0. The Morgan fingerprint density at radius 3 is 2.76 bits per heavy atom. The third kappa shape index (κ3) is 3.98. The summed E-state index contributed by atoms with van der Waals surface area (Å²) < 4.78 is 27.5. The van der Waals surface area contributed by atoms with Crippen LogP contribution in [0.15, 0.2) is 42.5 Å². The molecule has 2 heterocycles. The van der Waals surface area contributed by atoms with Crippen LogP contribution in [0.1, 0.15) is 35.3 Å². The summed E-state index contributed by atoms with van der Waals surface area (Å²) in [4.78, 5) is 12.9. The molecule has 2 aliphatic heterocycles. The van der Waals surface area contributed by atoms with Crippen molar-refractivity contribution in [2.75, 3.05) is 20.7 Å². The minimum atomic E-state index is -0.420. The molecule has 0 fully saturated rings. The van der Waals surface area contributed by atoms with Crippen molar-refractivity contribution in [2.45, 2.75) is 19.4 Å². The fourth-order valence-corrected chi connectivity index (χ4v) is 3.18. The summed E-state index contributed by atoms with van der Waals surface area (Å²) >= 11 is 0.